The standard InChI is InChI=1S/C24H28BN6O/c1-25-22-16-27-24(29-19-4-6-21(7-5-19)31-10-12-32-13-11-31)30-23(22)28-20-3-2-17-8-9-26-15-18(17)14-20/h2-7,14,16,26H,8-13,15H2,1H3,(H2,27,28,29,30). The Morgan fingerprint density at radius 3 is 2.62 bits per heavy atom. The van der Waals surface area contributed by atoms with Crippen LogP contribution >= 0.6 is 0 Å². The van der Waals surface area contributed by atoms with E-state index in [4.69, 9.17) is 9.72 Å². The maximum atomic E-state index is 5.44. The minimum absolute atomic E-state index is 0.567. The van der Waals surface area contributed by atoms with Crippen molar-refractivity contribution < 1.29 is 4.74 Å². The molecule has 2 aliphatic rings. The number of benzene rings is 2. The Balaban J connectivity index is 1.31. The van der Waals surface area contributed by atoms with Gasteiger partial charge in [-0.25, -0.2) is 4.98 Å². The summed E-state index contributed by atoms with van der Waals surface area (Å²) in [6.45, 7) is 7.38. The highest BCUT2D eigenvalue weighted by Crippen LogP contribution is 2.23. The third-order valence-electron chi connectivity index (χ3n) is 5.98. The van der Waals surface area contributed by atoms with Crippen LogP contribution in [0.5, 0.6) is 0 Å². The Hall–Kier alpha value is -3.10. The molecular formula is C24H28BN6O. The normalized spacial score (nSPS) is 15.7. The van der Waals surface area contributed by atoms with Gasteiger partial charge in [-0.1, -0.05) is 12.9 Å². The predicted molar refractivity (Wildman–Crippen MR) is 131 cm³/mol. The first-order chi connectivity index (χ1) is 15.8. The molecule has 1 fully saturated rings. The minimum atomic E-state index is 0.567. The summed E-state index contributed by atoms with van der Waals surface area (Å²) in [5, 5.41) is 10.3. The molecule has 3 heterocycles. The summed E-state index contributed by atoms with van der Waals surface area (Å²) in [6.07, 6.45) is 2.93. The van der Waals surface area contributed by atoms with Crippen LogP contribution < -0.4 is 26.3 Å². The third-order valence-corrected chi connectivity index (χ3v) is 5.98. The van der Waals surface area contributed by atoms with Crippen LogP contribution in [0.3, 0.4) is 0 Å². The van der Waals surface area contributed by atoms with Gasteiger partial charge in [0, 0.05) is 42.9 Å². The maximum Gasteiger partial charge on any atom is 0.229 e. The summed E-state index contributed by atoms with van der Waals surface area (Å²) in [4.78, 5) is 11.6. The van der Waals surface area contributed by atoms with Gasteiger partial charge in [0.15, 0.2) is 7.28 Å². The van der Waals surface area contributed by atoms with Gasteiger partial charge in [0.1, 0.15) is 5.82 Å². The van der Waals surface area contributed by atoms with Crippen LogP contribution in [0.4, 0.5) is 28.8 Å². The van der Waals surface area contributed by atoms with Crippen molar-refractivity contribution in [2.45, 2.75) is 19.8 Å². The highest BCUT2D eigenvalue weighted by Gasteiger charge is 2.13. The van der Waals surface area contributed by atoms with Crippen molar-refractivity contribution in [2.24, 2.45) is 0 Å². The Bertz CT molecular complexity index is 1070. The van der Waals surface area contributed by atoms with E-state index in [0.717, 1.165) is 68.5 Å². The average molecular weight is 427 g/mol. The molecule has 3 aromatic rings. The molecule has 8 heteroatoms. The zero-order valence-corrected chi connectivity index (χ0v) is 18.4. The van der Waals surface area contributed by atoms with Gasteiger partial charge in [-0.2, -0.15) is 4.98 Å². The van der Waals surface area contributed by atoms with E-state index in [2.05, 4.69) is 68.3 Å². The van der Waals surface area contributed by atoms with Crippen molar-refractivity contribution in [2.75, 3.05) is 48.4 Å². The highest BCUT2D eigenvalue weighted by atomic mass is 16.5. The Labute approximate surface area is 189 Å². The fourth-order valence-electron chi connectivity index (χ4n) is 4.16. The molecule has 1 saturated heterocycles. The molecule has 0 bridgehead atoms. The number of morpholine rings is 1. The molecule has 1 aromatic heterocycles. The molecule has 0 saturated carbocycles. The van der Waals surface area contributed by atoms with Crippen LogP contribution in [-0.4, -0.2) is 50.1 Å². The van der Waals surface area contributed by atoms with Crippen LogP contribution in [0.1, 0.15) is 11.1 Å². The number of fused-ring (bicyclic) bond motifs is 1. The molecule has 0 amide bonds. The van der Waals surface area contributed by atoms with Gasteiger partial charge >= 0.3 is 0 Å². The molecule has 1 radical (unpaired) electrons. The number of anilines is 5. The summed E-state index contributed by atoms with van der Waals surface area (Å²) in [5.41, 5.74) is 6.93. The largest absolute Gasteiger partial charge is 0.378 e. The molecule has 2 aliphatic heterocycles. The van der Waals surface area contributed by atoms with Gasteiger partial charge in [-0.05, 0) is 66.0 Å². The number of hydrogen-bond acceptors (Lipinski definition) is 7. The molecule has 32 heavy (non-hydrogen) atoms. The number of nitrogens with zero attached hydrogens (tertiary/aromatic N) is 3. The van der Waals surface area contributed by atoms with E-state index >= 15 is 0 Å². The van der Waals surface area contributed by atoms with Crippen LogP contribution in [0.2, 0.25) is 6.82 Å². The van der Waals surface area contributed by atoms with Crippen molar-refractivity contribution in [1.29, 1.82) is 0 Å². The Morgan fingerprint density at radius 2 is 1.81 bits per heavy atom. The molecule has 7 nitrogen and oxygen atoms in total. The SMILES string of the molecule is C[B]c1cnc(Nc2ccc(N3CCOCC3)cc2)nc1Nc1ccc2c(c1)CNCC2. The van der Waals surface area contributed by atoms with Crippen molar-refractivity contribution in [3.05, 3.63) is 59.8 Å². The average Bonchev–Trinajstić information content (AvgIpc) is 2.85. The van der Waals surface area contributed by atoms with E-state index in [-0.39, 0.29) is 0 Å². The molecule has 0 spiro atoms. The molecular weight excluding hydrogens is 399 g/mol. The van der Waals surface area contributed by atoms with Crippen LogP contribution in [-0.2, 0) is 17.7 Å². The molecule has 0 aliphatic carbocycles. The summed E-state index contributed by atoms with van der Waals surface area (Å²) in [6, 6.07) is 14.9. The number of nitrogens with one attached hydrogen (secondary N) is 3. The van der Waals surface area contributed by atoms with Crippen molar-refractivity contribution in [3.8, 4) is 0 Å². The van der Waals surface area contributed by atoms with Crippen molar-refractivity contribution in [3.63, 3.8) is 0 Å². The number of aromatic nitrogens is 2. The van der Waals surface area contributed by atoms with Gasteiger partial charge in [-0.3, -0.25) is 0 Å². The molecule has 0 unspecified atom stereocenters. The smallest absolute Gasteiger partial charge is 0.229 e. The summed E-state index contributed by atoms with van der Waals surface area (Å²) in [7, 11) is 2.02. The zero-order chi connectivity index (χ0) is 21.8. The lowest BCUT2D eigenvalue weighted by molar-refractivity contribution is 0.122. The topological polar surface area (TPSA) is 74.3 Å². The first kappa shape index (κ1) is 20.8. The number of rotatable bonds is 6. The monoisotopic (exact) mass is 427 g/mol. The quantitative estimate of drug-likeness (QED) is 0.523. The minimum Gasteiger partial charge on any atom is -0.378 e. The van der Waals surface area contributed by atoms with Crippen LogP contribution in [0, 0.1) is 0 Å². The Morgan fingerprint density at radius 1 is 1.00 bits per heavy atom. The molecule has 163 valence electrons. The summed E-state index contributed by atoms with van der Waals surface area (Å²) < 4.78 is 5.44. The first-order valence-corrected chi connectivity index (χ1v) is 11.2. The van der Waals surface area contributed by atoms with Gasteiger partial charge in [0.25, 0.3) is 0 Å². The molecule has 3 N–H and O–H groups in total. The molecule has 5 rings (SSSR count). The van der Waals surface area contributed by atoms with Crippen molar-refractivity contribution >= 4 is 41.6 Å². The van der Waals surface area contributed by atoms with Crippen LogP contribution in [0.25, 0.3) is 0 Å². The second kappa shape index (κ2) is 9.59. The van der Waals surface area contributed by atoms with E-state index in [1.54, 1.807) is 0 Å². The lowest BCUT2D eigenvalue weighted by atomic mass is 9.74. The summed E-state index contributed by atoms with van der Waals surface area (Å²) in [5.74, 6) is 1.36. The first-order valence-electron chi connectivity index (χ1n) is 11.2. The number of ether oxygens (including phenoxy) is 1. The lowest BCUT2D eigenvalue weighted by Crippen LogP contribution is -2.36. The fraction of sp³-hybridized carbons (Fsp3) is 0.333. The van der Waals surface area contributed by atoms with Crippen LogP contribution in [0.15, 0.2) is 48.7 Å². The van der Waals surface area contributed by atoms with Gasteiger partial charge < -0.3 is 25.6 Å². The fourth-order valence-corrected chi connectivity index (χ4v) is 4.16. The highest BCUT2D eigenvalue weighted by molar-refractivity contribution is 6.53. The molecule has 2 aromatic carbocycles. The van der Waals surface area contributed by atoms with Gasteiger partial charge in [0.05, 0.1) is 13.2 Å². The van der Waals surface area contributed by atoms with E-state index in [1.807, 2.05) is 20.3 Å². The van der Waals surface area contributed by atoms with Gasteiger partial charge in [-0.15, -0.1) is 0 Å². The number of hydrogen-bond donors (Lipinski definition) is 3. The van der Waals surface area contributed by atoms with Gasteiger partial charge in [0.2, 0.25) is 5.95 Å². The van der Waals surface area contributed by atoms with E-state index in [9.17, 15) is 0 Å². The Kier molecular flexibility index (Phi) is 6.23. The second-order valence-corrected chi connectivity index (χ2v) is 8.09. The van der Waals surface area contributed by atoms with Crippen molar-refractivity contribution in [1.82, 2.24) is 15.3 Å². The predicted octanol–water partition coefficient (Wildman–Crippen LogP) is 2.82. The third kappa shape index (κ3) is 4.71. The lowest BCUT2D eigenvalue weighted by Gasteiger charge is -2.28. The van der Waals surface area contributed by atoms with E-state index in [0.29, 0.717) is 5.95 Å². The molecule has 0 atom stereocenters. The maximum absolute atomic E-state index is 5.44. The zero-order valence-electron chi connectivity index (χ0n) is 18.4. The summed E-state index contributed by atoms with van der Waals surface area (Å²) >= 11 is 0. The second-order valence-electron chi connectivity index (χ2n) is 8.09. The van der Waals surface area contributed by atoms with E-state index < -0.39 is 0 Å². The van der Waals surface area contributed by atoms with E-state index in [1.165, 1.54) is 16.8 Å².